The SMILES string of the molecule is N#C/C(=C\c1cccnc1)c1nc2cc(Br)ccc2s1. The fraction of sp³-hybridized carbons (Fsp3) is 0. The van der Waals surface area contributed by atoms with Crippen molar-refractivity contribution in [1.82, 2.24) is 9.97 Å². The number of halogens is 1. The minimum Gasteiger partial charge on any atom is -0.264 e. The van der Waals surface area contributed by atoms with E-state index in [1.807, 2.05) is 30.3 Å². The largest absolute Gasteiger partial charge is 0.264 e. The molecule has 0 bridgehead atoms. The van der Waals surface area contributed by atoms with E-state index in [1.165, 1.54) is 11.3 Å². The number of allylic oxidation sites excluding steroid dienone is 1. The molecule has 3 rings (SSSR count). The van der Waals surface area contributed by atoms with E-state index in [-0.39, 0.29) is 0 Å². The maximum Gasteiger partial charge on any atom is 0.135 e. The third-order valence-corrected chi connectivity index (χ3v) is 4.26. The average molecular weight is 342 g/mol. The summed E-state index contributed by atoms with van der Waals surface area (Å²) in [5, 5.41) is 10.1. The second-order valence-electron chi connectivity index (χ2n) is 4.09. The molecule has 0 N–H and O–H groups in total. The molecule has 5 heteroatoms. The first-order valence-electron chi connectivity index (χ1n) is 5.84. The quantitative estimate of drug-likeness (QED) is 0.644. The molecule has 0 spiro atoms. The summed E-state index contributed by atoms with van der Waals surface area (Å²) in [7, 11) is 0. The highest BCUT2D eigenvalue weighted by Gasteiger charge is 2.09. The summed E-state index contributed by atoms with van der Waals surface area (Å²) in [6, 6.07) is 11.9. The van der Waals surface area contributed by atoms with E-state index in [1.54, 1.807) is 18.5 Å². The third-order valence-electron chi connectivity index (χ3n) is 2.70. The minimum atomic E-state index is 0.551. The minimum absolute atomic E-state index is 0.551. The summed E-state index contributed by atoms with van der Waals surface area (Å²) in [6.45, 7) is 0. The van der Waals surface area contributed by atoms with E-state index in [0.29, 0.717) is 5.57 Å². The first-order valence-corrected chi connectivity index (χ1v) is 7.45. The van der Waals surface area contributed by atoms with Crippen molar-refractivity contribution in [3.05, 3.63) is 57.8 Å². The fourth-order valence-electron chi connectivity index (χ4n) is 1.79. The Morgan fingerprint density at radius 3 is 3.00 bits per heavy atom. The van der Waals surface area contributed by atoms with Crippen LogP contribution in [0.3, 0.4) is 0 Å². The van der Waals surface area contributed by atoms with Gasteiger partial charge in [0, 0.05) is 16.9 Å². The highest BCUT2D eigenvalue weighted by atomic mass is 79.9. The molecule has 20 heavy (non-hydrogen) atoms. The number of nitrogens with zero attached hydrogens (tertiary/aromatic N) is 3. The Kier molecular flexibility index (Phi) is 3.59. The molecule has 0 amide bonds. The summed E-state index contributed by atoms with van der Waals surface area (Å²) in [5.41, 5.74) is 2.34. The molecule has 2 heterocycles. The molecule has 0 fully saturated rings. The van der Waals surface area contributed by atoms with Gasteiger partial charge >= 0.3 is 0 Å². The normalized spacial score (nSPS) is 11.5. The molecular formula is C15H8BrN3S. The van der Waals surface area contributed by atoms with Gasteiger partial charge in [0.05, 0.1) is 15.8 Å². The van der Waals surface area contributed by atoms with E-state index in [9.17, 15) is 5.26 Å². The molecule has 0 unspecified atom stereocenters. The van der Waals surface area contributed by atoms with Gasteiger partial charge in [-0.25, -0.2) is 4.98 Å². The topological polar surface area (TPSA) is 49.6 Å². The highest BCUT2D eigenvalue weighted by molar-refractivity contribution is 9.10. The van der Waals surface area contributed by atoms with Crippen molar-refractivity contribution in [2.45, 2.75) is 0 Å². The third kappa shape index (κ3) is 2.62. The van der Waals surface area contributed by atoms with Gasteiger partial charge in [-0.15, -0.1) is 11.3 Å². The fourth-order valence-corrected chi connectivity index (χ4v) is 3.05. The highest BCUT2D eigenvalue weighted by Crippen LogP contribution is 2.29. The van der Waals surface area contributed by atoms with E-state index in [0.717, 1.165) is 25.3 Å². The Morgan fingerprint density at radius 1 is 1.35 bits per heavy atom. The molecule has 0 saturated carbocycles. The molecule has 2 aromatic heterocycles. The van der Waals surface area contributed by atoms with Crippen molar-refractivity contribution < 1.29 is 0 Å². The van der Waals surface area contributed by atoms with E-state index >= 15 is 0 Å². The zero-order valence-corrected chi connectivity index (χ0v) is 12.6. The van der Waals surface area contributed by atoms with E-state index < -0.39 is 0 Å². The van der Waals surface area contributed by atoms with Crippen LogP contribution in [0.1, 0.15) is 10.6 Å². The number of hydrogen-bond donors (Lipinski definition) is 0. The zero-order chi connectivity index (χ0) is 13.9. The molecule has 0 atom stereocenters. The van der Waals surface area contributed by atoms with Crippen LogP contribution in [0.5, 0.6) is 0 Å². The second-order valence-corrected chi connectivity index (χ2v) is 6.03. The second kappa shape index (κ2) is 5.53. The lowest BCUT2D eigenvalue weighted by molar-refractivity contribution is 1.32. The summed E-state index contributed by atoms with van der Waals surface area (Å²) in [5.74, 6) is 0. The molecule has 0 saturated heterocycles. The predicted molar refractivity (Wildman–Crippen MR) is 85.0 cm³/mol. The summed E-state index contributed by atoms with van der Waals surface area (Å²) in [6.07, 6.45) is 5.24. The van der Waals surface area contributed by atoms with Crippen LogP contribution < -0.4 is 0 Å². The molecule has 96 valence electrons. The Hall–Kier alpha value is -2.03. The van der Waals surface area contributed by atoms with Gasteiger partial charge in [-0.3, -0.25) is 4.98 Å². The number of rotatable bonds is 2. The van der Waals surface area contributed by atoms with Crippen molar-refractivity contribution >= 4 is 49.1 Å². The van der Waals surface area contributed by atoms with Gasteiger partial charge in [0.1, 0.15) is 11.1 Å². The Balaban J connectivity index is 2.08. The van der Waals surface area contributed by atoms with Crippen molar-refractivity contribution in [2.75, 3.05) is 0 Å². The number of hydrogen-bond acceptors (Lipinski definition) is 4. The zero-order valence-electron chi connectivity index (χ0n) is 10.2. The number of fused-ring (bicyclic) bond motifs is 1. The lowest BCUT2D eigenvalue weighted by atomic mass is 10.2. The number of pyridine rings is 1. The first-order chi connectivity index (χ1) is 9.76. The van der Waals surface area contributed by atoms with Gasteiger partial charge in [-0.2, -0.15) is 5.26 Å². The van der Waals surface area contributed by atoms with E-state index in [2.05, 4.69) is 32.0 Å². The Bertz CT molecular complexity index is 831. The monoisotopic (exact) mass is 341 g/mol. The van der Waals surface area contributed by atoms with Crippen LogP contribution in [0.4, 0.5) is 0 Å². The maximum absolute atomic E-state index is 9.34. The lowest BCUT2D eigenvalue weighted by Crippen LogP contribution is -1.81. The molecule has 0 aliphatic carbocycles. The van der Waals surface area contributed by atoms with Crippen LogP contribution in [-0.4, -0.2) is 9.97 Å². The summed E-state index contributed by atoms with van der Waals surface area (Å²) >= 11 is 4.94. The number of nitriles is 1. The van der Waals surface area contributed by atoms with Crippen LogP contribution in [0.25, 0.3) is 21.9 Å². The summed E-state index contributed by atoms with van der Waals surface area (Å²) < 4.78 is 2.05. The average Bonchev–Trinajstić information content (AvgIpc) is 2.88. The smallest absolute Gasteiger partial charge is 0.135 e. The van der Waals surface area contributed by atoms with Crippen LogP contribution in [0.2, 0.25) is 0 Å². The first kappa shape index (κ1) is 13.0. The maximum atomic E-state index is 9.34. The lowest BCUT2D eigenvalue weighted by Gasteiger charge is -1.93. The van der Waals surface area contributed by atoms with Gasteiger partial charge in [0.15, 0.2) is 0 Å². The number of aromatic nitrogens is 2. The van der Waals surface area contributed by atoms with Crippen LogP contribution in [0, 0.1) is 11.3 Å². The van der Waals surface area contributed by atoms with Crippen LogP contribution in [0.15, 0.2) is 47.2 Å². The van der Waals surface area contributed by atoms with Gasteiger partial charge in [-0.1, -0.05) is 22.0 Å². The molecule has 0 aliphatic heterocycles. The van der Waals surface area contributed by atoms with Crippen molar-refractivity contribution in [3.63, 3.8) is 0 Å². The molecular weight excluding hydrogens is 334 g/mol. The van der Waals surface area contributed by atoms with Gasteiger partial charge < -0.3 is 0 Å². The van der Waals surface area contributed by atoms with Crippen LogP contribution >= 0.6 is 27.3 Å². The molecule has 3 nitrogen and oxygen atoms in total. The molecule has 0 aliphatic rings. The van der Waals surface area contributed by atoms with E-state index in [4.69, 9.17) is 0 Å². The summed E-state index contributed by atoms with van der Waals surface area (Å²) in [4.78, 5) is 8.56. The van der Waals surface area contributed by atoms with Crippen LogP contribution in [-0.2, 0) is 0 Å². The van der Waals surface area contributed by atoms with Gasteiger partial charge in [0.2, 0.25) is 0 Å². The number of benzene rings is 1. The van der Waals surface area contributed by atoms with Crippen molar-refractivity contribution in [2.24, 2.45) is 0 Å². The molecule has 3 aromatic rings. The number of thiazole rings is 1. The van der Waals surface area contributed by atoms with Gasteiger partial charge in [0.25, 0.3) is 0 Å². The Morgan fingerprint density at radius 2 is 2.25 bits per heavy atom. The van der Waals surface area contributed by atoms with Gasteiger partial charge in [-0.05, 0) is 35.9 Å². The van der Waals surface area contributed by atoms with Crippen molar-refractivity contribution in [1.29, 1.82) is 5.26 Å². The molecule has 0 radical (unpaired) electrons. The predicted octanol–water partition coefficient (Wildman–Crippen LogP) is 4.52. The molecule has 1 aromatic carbocycles. The standard InChI is InChI=1S/C15H8BrN3S/c16-12-3-4-14-13(7-12)19-15(20-14)11(8-17)6-10-2-1-5-18-9-10/h1-7,9H/b11-6+. The van der Waals surface area contributed by atoms with Crippen molar-refractivity contribution in [3.8, 4) is 6.07 Å². The Labute approximate surface area is 128 Å².